The van der Waals surface area contributed by atoms with E-state index >= 15 is 0 Å². The van der Waals surface area contributed by atoms with E-state index in [1.165, 1.54) is 24.3 Å². The number of halogens is 3. The standard InChI is InChI=1S/C10H9F3N2O/c11-10(12,13)16-8-3-1-7(2-4-8)9(15)5-6-14/h1-4,9H,5,15H2/t9-/m1/s1. The van der Waals surface area contributed by atoms with Gasteiger partial charge in [0.1, 0.15) is 5.75 Å². The van der Waals surface area contributed by atoms with Crippen LogP contribution in [0.5, 0.6) is 5.75 Å². The Morgan fingerprint density at radius 1 is 1.31 bits per heavy atom. The van der Waals surface area contributed by atoms with Crippen molar-refractivity contribution in [2.45, 2.75) is 18.8 Å². The number of nitrogens with zero attached hydrogens (tertiary/aromatic N) is 1. The number of rotatable bonds is 3. The fourth-order valence-corrected chi connectivity index (χ4v) is 1.13. The second-order valence-electron chi connectivity index (χ2n) is 3.09. The van der Waals surface area contributed by atoms with Crippen LogP contribution in [-0.4, -0.2) is 6.36 Å². The van der Waals surface area contributed by atoms with Crippen LogP contribution in [0.1, 0.15) is 18.0 Å². The van der Waals surface area contributed by atoms with Crippen molar-refractivity contribution in [2.75, 3.05) is 0 Å². The first-order valence-corrected chi connectivity index (χ1v) is 4.40. The second kappa shape index (κ2) is 4.86. The summed E-state index contributed by atoms with van der Waals surface area (Å²) in [6, 6.07) is 6.53. The van der Waals surface area contributed by atoms with Gasteiger partial charge in [0.2, 0.25) is 0 Å². The van der Waals surface area contributed by atoms with E-state index < -0.39 is 12.4 Å². The SMILES string of the molecule is N#CC[C@@H](N)c1ccc(OC(F)(F)F)cc1. The van der Waals surface area contributed by atoms with Crippen molar-refractivity contribution in [2.24, 2.45) is 5.73 Å². The molecule has 3 nitrogen and oxygen atoms in total. The zero-order valence-electron chi connectivity index (χ0n) is 8.16. The van der Waals surface area contributed by atoms with Crippen LogP contribution >= 0.6 is 0 Å². The van der Waals surface area contributed by atoms with Gasteiger partial charge in [0.15, 0.2) is 0 Å². The maximum atomic E-state index is 11.8. The molecule has 0 radical (unpaired) electrons. The summed E-state index contributed by atoms with van der Waals surface area (Å²) in [4.78, 5) is 0. The summed E-state index contributed by atoms with van der Waals surface area (Å²) in [6.07, 6.45) is -4.59. The average Bonchev–Trinajstić information content (AvgIpc) is 2.16. The van der Waals surface area contributed by atoms with E-state index in [0.717, 1.165) is 0 Å². The monoisotopic (exact) mass is 230 g/mol. The highest BCUT2D eigenvalue weighted by atomic mass is 19.4. The van der Waals surface area contributed by atoms with Gasteiger partial charge >= 0.3 is 6.36 Å². The summed E-state index contributed by atoms with van der Waals surface area (Å²) < 4.78 is 39.2. The zero-order chi connectivity index (χ0) is 12.2. The van der Waals surface area contributed by atoms with Crippen molar-refractivity contribution in [1.82, 2.24) is 0 Å². The van der Waals surface area contributed by atoms with Gasteiger partial charge in [0.25, 0.3) is 0 Å². The van der Waals surface area contributed by atoms with E-state index in [-0.39, 0.29) is 12.2 Å². The third-order valence-corrected chi connectivity index (χ3v) is 1.85. The predicted molar refractivity (Wildman–Crippen MR) is 50.3 cm³/mol. The summed E-state index contributed by atoms with van der Waals surface area (Å²) in [5, 5.41) is 8.40. The van der Waals surface area contributed by atoms with Gasteiger partial charge in [-0.25, -0.2) is 0 Å². The Morgan fingerprint density at radius 3 is 2.31 bits per heavy atom. The topological polar surface area (TPSA) is 59.0 Å². The molecule has 0 aliphatic heterocycles. The second-order valence-corrected chi connectivity index (χ2v) is 3.09. The minimum atomic E-state index is -4.70. The van der Waals surface area contributed by atoms with E-state index in [1.54, 1.807) is 0 Å². The minimum Gasteiger partial charge on any atom is -0.406 e. The molecule has 0 saturated carbocycles. The van der Waals surface area contributed by atoms with E-state index in [2.05, 4.69) is 4.74 Å². The van der Waals surface area contributed by atoms with Crippen molar-refractivity contribution in [1.29, 1.82) is 5.26 Å². The summed E-state index contributed by atoms with van der Waals surface area (Å²) >= 11 is 0. The van der Waals surface area contributed by atoms with Crippen LogP contribution in [-0.2, 0) is 0 Å². The van der Waals surface area contributed by atoms with Crippen LogP contribution in [0, 0.1) is 11.3 Å². The van der Waals surface area contributed by atoms with Crippen LogP contribution < -0.4 is 10.5 Å². The van der Waals surface area contributed by atoms with Gasteiger partial charge in [-0.2, -0.15) is 5.26 Å². The molecule has 0 unspecified atom stereocenters. The molecule has 0 fully saturated rings. The molecule has 1 atom stereocenters. The Kier molecular flexibility index (Phi) is 3.74. The molecule has 6 heteroatoms. The fraction of sp³-hybridized carbons (Fsp3) is 0.300. The molecular weight excluding hydrogens is 221 g/mol. The first-order chi connectivity index (χ1) is 7.42. The van der Waals surface area contributed by atoms with Crippen LogP contribution in [0.2, 0.25) is 0 Å². The number of hydrogen-bond acceptors (Lipinski definition) is 3. The van der Waals surface area contributed by atoms with Crippen molar-refractivity contribution >= 4 is 0 Å². The Hall–Kier alpha value is -1.74. The summed E-state index contributed by atoms with van der Waals surface area (Å²) in [5.74, 6) is -0.305. The van der Waals surface area contributed by atoms with E-state index in [1.807, 2.05) is 6.07 Å². The Morgan fingerprint density at radius 2 is 1.88 bits per heavy atom. The lowest BCUT2D eigenvalue weighted by Crippen LogP contribution is -2.17. The quantitative estimate of drug-likeness (QED) is 0.867. The summed E-state index contributed by atoms with van der Waals surface area (Å²) in [7, 11) is 0. The summed E-state index contributed by atoms with van der Waals surface area (Å²) in [6.45, 7) is 0. The predicted octanol–water partition coefficient (Wildman–Crippen LogP) is 2.50. The minimum absolute atomic E-state index is 0.111. The number of nitrogens with two attached hydrogens (primary N) is 1. The molecule has 0 bridgehead atoms. The van der Waals surface area contributed by atoms with Gasteiger partial charge in [-0.05, 0) is 17.7 Å². The van der Waals surface area contributed by atoms with Gasteiger partial charge in [-0.15, -0.1) is 13.2 Å². The Balaban J connectivity index is 2.72. The zero-order valence-corrected chi connectivity index (χ0v) is 8.16. The maximum absolute atomic E-state index is 11.8. The number of alkyl halides is 3. The van der Waals surface area contributed by atoms with Gasteiger partial charge in [-0.1, -0.05) is 12.1 Å². The lowest BCUT2D eigenvalue weighted by atomic mass is 10.1. The van der Waals surface area contributed by atoms with Crippen LogP contribution in [0.4, 0.5) is 13.2 Å². The molecule has 0 spiro atoms. The first-order valence-electron chi connectivity index (χ1n) is 4.40. The highest BCUT2D eigenvalue weighted by Crippen LogP contribution is 2.24. The molecule has 0 aliphatic rings. The van der Waals surface area contributed by atoms with Crippen LogP contribution in [0.3, 0.4) is 0 Å². The van der Waals surface area contributed by atoms with Gasteiger partial charge in [0, 0.05) is 6.04 Å². The molecule has 0 amide bonds. The Bertz CT molecular complexity index is 381. The van der Waals surface area contributed by atoms with Gasteiger partial charge in [-0.3, -0.25) is 0 Å². The Labute approximate surface area is 90.2 Å². The van der Waals surface area contributed by atoms with E-state index in [0.29, 0.717) is 5.56 Å². The molecule has 1 aromatic carbocycles. The highest BCUT2D eigenvalue weighted by Gasteiger charge is 2.30. The maximum Gasteiger partial charge on any atom is 0.573 e. The lowest BCUT2D eigenvalue weighted by Gasteiger charge is -2.11. The third kappa shape index (κ3) is 3.79. The van der Waals surface area contributed by atoms with Crippen LogP contribution in [0.15, 0.2) is 24.3 Å². The largest absolute Gasteiger partial charge is 0.573 e. The fourth-order valence-electron chi connectivity index (χ4n) is 1.13. The smallest absolute Gasteiger partial charge is 0.406 e. The molecule has 1 aromatic rings. The van der Waals surface area contributed by atoms with E-state index in [9.17, 15) is 13.2 Å². The van der Waals surface area contributed by atoms with Gasteiger partial charge < -0.3 is 10.5 Å². The summed E-state index contributed by atoms with van der Waals surface area (Å²) in [5.41, 5.74) is 6.19. The number of benzene rings is 1. The van der Waals surface area contributed by atoms with Crippen LogP contribution in [0.25, 0.3) is 0 Å². The molecule has 0 saturated heterocycles. The normalized spacial score (nSPS) is 12.9. The first kappa shape index (κ1) is 12.3. The lowest BCUT2D eigenvalue weighted by molar-refractivity contribution is -0.274. The highest BCUT2D eigenvalue weighted by molar-refractivity contribution is 5.29. The number of ether oxygens (including phenoxy) is 1. The number of hydrogen-bond donors (Lipinski definition) is 1. The van der Waals surface area contributed by atoms with E-state index in [4.69, 9.17) is 11.0 Å². The molecule has 16 heavy (non-hydrogen) atoms. The average molecular weight is 230 g/mol. The molecule has 0 heterocycles. The van der Waals surface area contributed by atoms with Crippen molar-refractivity contribution in [3.8, 4) is 11.8 Å². The number of nitriles is 1. The van der Waals surface area contributed by atoms with Crippen molar-refractivity contribution < 1.29 is 17.9 Å². The molecule has 0 aromatic heterocycles. The molecule has 1 rings (SSSR count). The third-order valence-electron chi connectivity index (χ3n) is 1.85. The van der Waals surface area contributed by atoms with Crippen molar-refractivity contribution in [3.63, 3.8) is 0 Å². The van der Waals surface area contributed by atoms with Crippen molar-refractivity contribution in [3.05, 3.63) is 29.8 Å². The molecule has 86 valence electrons. The van der Waals surface area contributed by atoms with Gasteiger partial charge in [0.05, 0.1) is 12.5 Å². The molecule has 2 N–H and O–H groups in total. The molecule has 0 aliphatic carbocycles. The molecular formula is C10H9F3N2O.